The van der Waals surface area contributed by atoms with E-state index >= 15 is 0 Å². The van der Waals surface area contributed by atoms with Gasteiger partial charge in [0.05, 0.1) is 7.11 Å². The molecule has 3 rings (SSSR count). The molecule has 6 nitrogen and oxygen atoms in total. The van der Waals surface area contributed by atoms with Crippen LogP contribution in [-0.4, -0.2) is 38.2 Å². The van der Waals surface area contributed by atoms with Crippen LogP contribution in [0.15, 0.2) is 48.5 Å². The maximum absolute atomic E-state index is 12.4. The van der Waals surface area contributed by atoms with Crippen LogP contribution in [-0.2, 0) is 20.7 Å². The first-order valence-corrected chi connectivity index (χ1v) is 10.5. The van der Waals surface area contributed by atoms with Gasteiger partial charge in [-0.1, -0.05) is 12.1 Å². The molecule has 2 aromatic rings. The summed E-state index contributed by atoms with van der Waals surface area (Å²) in [4.78, 5) is 26.8. The van der Waals surface area contributed by atoms with Gasteiger partial charge < -0.3 is 19.7 Å². The zero-order valence-electron chi connectivity index (χ0n) is 17.7. The summed E-state index contributed by atoms with van der Waals surface area (Å²) in [6.07, 6.45) is 3.65. The number of hydrogen-bond acceptors (Lipinski definition) is 5. The van der Waals surface area contributed by atoms with E-state index in [1.54, 1.807) is 14.0 Å². The Kier molecular flexibility index (Phi) is 7.71. The topological polar surface area (TPSA) is 67.9 Å². The average molecular weight is 411 g/mol. The standard InChI is InChI=1S/C24H30N2O4/c1-18(30-23(27)15-8-19-6-13-22(29-2)14-7-19)24(28)25-20-9-11-21(12-10-20)26-16-4-3-5-17-26/h6-7,9-14,18H,3-5,8,15-17H2,1-2H3,(H,25,28)/t18-/m1/s1. The second kappa shape index (κ2) is 10.7. The fourth-order valence-corrected chi connectivity index (χ4v) is 3.50. The molecule has 1 amide bonds. The third-order valence-corrected chi connectivity index (χ3v) is 5.31. The molecule has 0 aromatic heterocycles. The highest BCUT2D eigenvalue weighted by molar-refractivity contribution is 5.95. The molecule has 1 heterocycles. The lowest BCUT2D eigenvalue weighted by atomic mass is 10.1. The molecule has 0 saturated carbocycles. The molecule has 2 aromatic carbocycles. The van der Waals surface area contributed by atoms with Gasteiger partial charge in [0.1, 0.15) is 5.75 Å². The number of benzene rings is 2. The largest absolute Gasteiger partial charge is 0.497 e. The van der Waals surface area contributed by atoms with Gasteiger partial charge in [-0.15, -0.1) is 0 Å². The van der Waals surface area contributed by atoms with Crippen molar-refractivity contribution in [3.63, 3.8) is 0 Å². The number of carbonyl (C=O) groups is 2. The number of anilines is 2. The summed E-state index contributed by atoms with van der Waals surface area (Å²) in [5.74, 6) is 0.0445. The van der Waals surface area contributed by atoms with Gasteiger partial charge in [-0.2, -0.15) is 0 Å². The molecule has 1 aliphatic rings. The van der Waals surface area contributed by atoms with Gasteiger partial charge in [0.2, 0.25) is 0 Å². The fourth-order valence-electron chi connectivity index (χ4n) is 3.50. The number of ether oxygens (including phenoxy) is 2. The Hall–Kier alpha value is -3.02. The summed E-state index contributed by atoms with van der Waals surface area (Å²) in [5, 5.41) is 2.82. The van der Waals surface area contributed by atoms with Crippen molar-refractivity contribution in [2.75, 3.05) is 30.4 Å². The smallest absolute Gasteiger partial charge is 0.306 e. The summed E-state index contributed by atoms with van der Waals surface area (Å²) in [7, 11) is 1.61. The zero-order valence-corrected chi connectivity index (χ0v) is 17.7. The minimum absolute atomic E-state index is 0.217. The third-order valence-electron chi connectivity index (χ3n) is 5.31. The molecule has 0 spiro atoms. The predicted molar refractivity (Wildman–Crippen MR) is 118 cm³/mol. The van der Waals surface area contributed by atoms with Crippen LogP contribution >= 0.6 is 0 Å². The summed E-state index contributed by atoms with van der Waals surface area (Å²) in [6, 6.07) is 15.4. The molecule has 0 bridgehead atoms. The Balaban J connectivity index is 1.43. The molecule has 1 fully saturated rings. The third kappa shape index (κ3) is 6.24. The van der Waals surface area contributed by atoms with Crippen molar-refractivity contribution in [3.8, 4) is 5.75 Å². The van der Waals surface area contributed by atoms with Crippen molar-refractivity contribution in [2.24, 2.45) is 0 Å². The Labute approximate surface area is 178 Å². The lowest BCUT2D eigenvalue weighted by Gasteiger charge is -2.28. The highest BCUT2D eigenvalue weighted by atomic mass is 16.5. The molecule has 1 saturated heterocycles. The Morgan fingerprint density at radius 1 is 1.00 bits per heavy atom. The minimum atomic E-state index is -0.852. The SMILES string of the molecule is COc1ccc(CCC(=O)O[C@H](C)C(=O)Nc2ccc(N3CCCCC3)cc2)cc1. The van der Waals surface area contributed by atoms with E-state index in [0.717, 1.165) is 24.4 Å². The number of piperidine rings is 1. The van der Waals surface area contributed by atoms with Gasteiger partial charge in [-0.25, -0.2) is 0 Å². The molecule has 0 aliphatic carbocycles. The van der Waals surface area contributed by atoms with Crippen LogP contribution in [0.1, 0.15) is 38.2 Å². The number of nitrogens with zero attached hydrogens (tertiary/aromatic N) is 1. The Bertz CT molecular complexity index is 827. The predicted octanol–water partition coefficient (Wildman–Crippen LogP) is 4.19. The zero-order chi connectivity index (χ0) is 21.3. The molecule has 160 valence electrons. The number of carbonyl (C=O) groups excluding carboxylic acids is 2. The first kappa shape index (κ1) is 21.7. The van der Waals surface area contributed by atoms with Crippen molar-refractivity contribution in [3.05, 3.63) is 54.1 Å². The second-order valence-electron chi connectivity index (χ2n) is 7.56. The number of hydrogen-bond donors (Lipinski definition) is 1. The summed E-state index contributed by atoms with van der Waals surface area (Å²) in [5.41, 5.74) is 2.88. The Morgan fingerprint density at radius 3 is 2.30 bits per heavy atom. The summed E-state index contributed by atoms with van der Waals surface area (Å²) in [6.45, 7) is 3.74. The van der Waals surface area contributed by atoms with E-state index in [1.807, 2.05) is 48.5 Å². The van der Waals surface area contributed by atoms with Crippen LogP contribution in [0.2, 0.25) is 0 Å². The van der Waals surface area contributed by atoms with E-state index in [0.29, 0.717) is 12.1 Å². The van der Waals surface area contributed by atoms with Gasteiger partial charge in [0, 0.05) is 30.9 Å². The van der Waals surface area contributed by atoms with Gasteiger partial charge in [-0.3, -0.25) is 9.59 Å². The van der Waals surface area contributed by atoms with Crippen LogP contribution in [0.4, 0.5) is 11.4 Å². The van der Waals surface area contributed by atoms with Crippen LogP contribution in [0.25, 0.3) is 0 Å². The van der Waals surface area contributed by atoms with Crippen molar-refractivity contribution in [2.45, 2.75) is 45.1 Å². The van der Waals surface area contributed by atoms with Crippen LogP contribution in [0.5, 0.6) is 5.75 Å². The van der Waals surface area contributed by atoms with Gasteiger partial charge in [0.15, 0.2) is 6.10 Å². The molecule has 30 heavy (non-hydrogen) atoms. The number of rotatable bonds is 8. The number of nitrogens with one attached hydrogen (secondary N) is 1. The van der Waals surface area contributed by atoms with E-state index in [1.165, 1.54) is 24.9 Å². The molecule has 0 radical (unpaired) electrons. The number of methoxy groups -OCH3 is 1. The monoisotopic (exact) mass is 410 g/mol. The highest BCUT2D eigenvalue weighted by Crippen LogP contribution is 2.22. The van der Waals surface area contributed by atoms with E-state index < -0.39 is 12.1 Å². The minimum Gasteiger partial charge on any atom is -0.497 e. The highest BCUT2D eigenvalue weighted by Gasteiger charge is 2.18. The van der Waals surface area contributed by atoms with Crippen molar-refractivity contribution in [1.29, 1.82) is 0 Å². The van der Waals surface area contributed by atoms with Crippen molar-refractivity contribution in [1.82, 2.24) is 0 Å². The Morgan fingerprint density at radius 2 is 1.67 bits per heavy atom. The molecule has 1 aliphatic heterocycles. The normalized spacial score (nSPS) is 14.7. The van der Waals surface area contributed by atoms with Crippen LogP contribution < -0.4 is 15.0 Å². The van der Waals surface area contributed by atoms with Gasteiger partial charge >= 0.3 is 5.97 Å². The van der Waals surface area contributed by atoms with Crippen LogP contribution in [0, 0.1) is 0 Å². The first-order chi connectivity index (χ1) is 14.5. The van der Waals surface area contributed by atoms with E-state index in [9.17, 15) is 9.59 Å². The fraction of sp³-hybridized carbons (Fsp3) is 0.417. The quantitative estimate of drug-likeness (QED) is 0.661. The maximum atomic E-state index is 12.4. The molecule has 1 N–H and O–H groups in total. The number of aryl methyl sites for hydroxylation is 1. The van der Waals surface area contributed by atoms with Crippen LogP contribution in [0.3, 0.4) is 0 Å². The number of amides is 1. The molecule has 0 unspecified atom stereocenters. The average Bonchev–Trinajstić information content (AvgIpc) is 2.79. The van der Waals surface area contributed by atoms with E-state index in [-0.39, 0.29) is 12.3 Å². The summed E-state index contributed by atoms with van der Waals surface area (Å²) < 4.78 is 10.4. The lowest BCUT2D eigenvalue weighted by molar-refractivity contribution is -0.153. The summed E-state index contributed by atoms with van der Waals surface area (Å²) >= 11 is 0. The lowest BCUT2D eigenvalue weighted by Crippen LogP contribution is -2.30. The molecular formula is C24H30N2O4. The van der Waals surface area contributed by atoms with Crippen molar-refractivity contribution < 1.29 is 19.1 Å². The van der Waals surface area contributed by atoms with Gasteiger partial charge in [0.25, 0.3) is 5.91 Å². The molecule has 6 heteroatoms. The second-order valence-corrected chi connectivity index (χ2v) is 7.56. The van der Waals surface area contributed by atoms with Crippen molar-refractivity contribution >= 4 is 23.3 Å². The van der Waals surface area contributed by atoms with E-state index in [4.69, 9.17) is 9.47 Å². The number of esters is 1. The molecule has 1 atom stereocenters. The van der Waals surface area contributed by atoms with E-state index in [2.05, 4.69) is 10.2 Å². The van der Waals surface area contributed by atoms with Gasteiger partial charge in [-0.05, 0) is 74.6 Å². The first-order valence-electron chi connectivity index (χ1n) is 10.5. The molecular weight excluding hydrogens is 380 g/mol. The maximum Gasteiger partial charge on any atom is 0.306 e.